The Morgan fingerprint density at radius 3 is 2.47 bits per heavy atom. The molecule has 0 aliphatic carbocycles. The summed E-state index contributed by atoms with van der Waals surface area (Å²) in [5.74, 6) is -0.159. The zero-order chi connectivity index (χ0) is 12.3. The van der Waals surface area contributed by atoms with Gasteiger partial charge in [-0.15, -0.1) is 0 Å². The number of halogens is 1. The molecule has 1 aliphatic rings. The number of nitrogens with one attached hydrogen (secondary N) is 1. The zero-order valence-corrected chi connectivity index (χ0v) is 10.6. The maximum absolute atomic E-state index is 12.9. The molecule has 2 rings (SSSR count). The van der Waals surface area contributed by atoms with Gasteiger partial charge >= 0.3 is 0 Å². The van der Waals surface area contributed by atoms with Crippen molar-refractivity contribution in [3.05, 3.63) is 35.6 Å². The summed E-state index contributed by atoms with van der Waals surface area (Å²) in [6.07, 6.45) is 1.15. The molecule has 1 aromatic carbocycles. The van der Waals surface area contributed by atoms with Gasteiger partial charge in [0.1, 0.15) is 5.82 Å². The summed E-state index contributed by atoms with van der Waals surface area (Å²) in [6.45, 7) is 7.67. The van der Waals surface area contributed by atoms with Gasteiger partial charge in [-0.25, -0.2) is 4.39 Å². The average Bonchev–Trinajstić information content (AvgIpc) is 2.26. The first kappa shape index (κ1) is 12.5. The summed E-state index contributed by atoms with van der Waals surface area (Å²) in [4.78, 5) is 2.52. The van der Waals surface area contributed by atoms with Gasteiger partial charge in [0.25, 0.3) is 0 Å². The Morgan fingerprint density at radius 1 is 1.35 bits per heavy atom. The smallest absolute Gasteiger partial charge is 0.123 e. The van der Waals surface area contributed by atoms with E-state index < -0.39 is 0 Å². The minimum Gasteiger partial charge on any atom is -0.314 e. The van der Waals surface area contributed by atoms with Gasteiger partial charge in [0.15, 0.2) is 0 Å². The van der Waals surface area contributed by atoms with Crippen molar-refractivity contribution in [3.63, 3.8) is 0 Å². The number of nitrogens with zero attached hydrogens (tertiary/aromatic N) is 1. The van der Waals surface area contributed by atoms with Crippen molar-refractivity contribution in [2.45, 2.75) is 32.4 Å². The highest BCUT2D eigenvalue weighted by Crippen LogP contribution is 2.24. The van der Waals surface area contributed by atoms with Gasteiger partial charge in [0.2, 0.25) is 0 Å². The highest BCUT2D eigenvalue weighted by Gasteiger charge is 2.28. The lowest BCUT2D eigenvalue weighted by molar-refractivity contribution is 0.103. The Morgan fingerprint density at radius 2 is 2.00 bits per heavy atom. The van der Waals surface area contributed by atoms with Crippen LogP contribution in [0.25, 0.3) is 0 Å². The fourth-order valence-electron chi connectivity index (χ4n) is 2.39. The Bertz CT molecular complexity index is 346. The molecule has 3 heteroatoms. The molecule has 1 unspecified atom stereocenters. The van der Waals surface area contributed by atoms with E-state index in [1.165, 1.54) is 5.56 Å². The topological polar surface area (TPSA) is 15.3 Å². The second-order valence-electron chi connectivity index (χ2n) is 4.78. The standard InChI is InChI=1S/C14H21FN2/c1-3-8-17(14-9-16-10-14)11(2)12-4-6-13(15)7-5-12/h4-7,11,14,16H,3,8-10H2,1-2H3. The van der Waals surface area contributed by atoms with E-state index in [2.05, 4.69) is 24.1 Å². The quantitative estimate of drug-likeness (QED) is 0.845. The van der Waals surface area contributed by atoms with E-state index in [1.54, 1.807) is 12.1 Å². The van der Waals surface area contributed by atoms with Gasteiger partial charge in [-0.3, -0.25) is 4.90 Å². The van der Waals surface area contributed by atoms with Gasteiger partial charge in [0.05, 0.1) is 0 Å². The molecule has 1 aromatic rings. The maximum atomic E-state index is 12.9. The molecule has 1 saturated heterocycles. The summed E-state index contributed by atoms with van der Waals surface area (Å²) in [6, 6.07) is 7.89. The van der Waals surface area contributed by atoms with Crippen LogP contribution in [0.15, 0.2) is 24.3 Å². The summed E-state index contributed by atoms with van der Waals surface area (Å²) in [7, 11) is 0. The molecule has 1 atom stereocenters. The highest BCUT2D eigenvalue weighted by atomic mass is 19.1. The summed E-state index contributed by atoms with van der Waals surface area (Å²) < 4.78 is 12.9. The molecule has 0 radical (unpaired) electrons. The van der Waals surface area contributed by atoms with E-state index in [0.717, 1.165) is 26.1 Å². The van der Waals surface area contributed by atoms with Crippen molar-refractivity contribution >= 4 is 0 Å². The fraction of sp³-hybridized carbons (Fsp3) is 0.571. The van der Waals surface area contributed by atoms with Crippen LogP contribution >= 0.6 is 0 Å². The molecular formula is C14H21FN2. The molecule has 1 fully saturated rings. The molecule has 17 heavy (non-hydrogen) atoms. The van der Waals surface area contributed by atoms with Crippen LogP contribution in [0.3, 0.4) is 0 Å². The molecule has 0 saturated carbocycles. The van der Waals surface area contributed by atoms with Crippen molar-refractivity contribution in [1.29, 1.82) is 0 Å². The van der Waals surface area contributed by atoms with Crippen LogP contribution in [0, 0.1) is 5.82 Å². The molecule has 1 heterocycles. The predicted octanol–water partition coefficient (Wildman–Crippen LogP) is 2.57. The van der Waals surface area contributed by atoms with Gasteiger partial charge in [-0.2, -0.15) is 0 Å². The molecule has 0 aromatic heterocycles. The third-order valence-corrected chi connectivity index (χ3v) is 3.56. The first-order valence-electron chi connectivity index (χ1n) is 6.44. The Hall–Kier alpha value is -0.930. The van der Waals surface area contributed by atoms with Crippen LogP contribution < -0.4 is 5.32 Å². The lowest BCUT2D eigenvalue weighted by Crippen LogP contribution is -2.57. The van der Waals surface area contributed by atoms with E-state index >= 15 is 0 Å². The largest absolute Gasteiger partial charge is 0.314 e. The normalized spacial score (nSPS) is 18.1. The maximum Gasteiger partial charge on any atom is 0.123 e. The number of rotatable bonds is 5. The van der Waals surface area contributed by atoms with E-state index in [9.17, 15) is 4.39 Å². The van der Waals surface area contributed by atoms with E-state index in [1.807, 2.05) is 12.1 Å². The Labute approximate surface area is 103 Å². The minimum absolute atomic E-state index is 0.159. The first-order chi connectivity index (χ1) is 8.22. The summed E-state index contributed by atoms with van der Waals surface area (Å²) in [5.41, 5.74) is 1.20. The van der Waals surface area contributed by atoms with E-state index in [-0.39, 0.29) is 5.82 Å². The zero-order valence-electron chi connectivity index (χ0n) is 10.6. The third kappa shape index (κ3) is 2.85. The summed E-state index contributed by atoms with van der Waals surface area (Å²) >= 11 is 0. The van der Waals surface area contributed by atoms with Gasteiger partial charge in [-0.05, 0) is 37.6 Å². The second-order valence-corrected chi connectivity index (χ2v) is 4.78. The van der Waals surface area contributed by atoms with E-state index in [0.29, 0.717) is 12.1 Å². The molecule has 0 spiro atoms. The number of hydrogen-bond acceptors (Lipinski definition) is 2. The molecule has 0 bridgehead atoms. The van der Waals surface area contributed by atoms with E-state index in [4.69, 9.17) is 0 Å². The van der Waals surface area contributed by atoms with Crippen LogP contribution in [0.5, 0.6) is 0 Å². The van der Waals surface area contributed by atoms with Crippen molar-refractivity contribution < 1.29 is 4.39 Å². The van der Waals surface area contributed by atoms with Gasteiger partial charge < -0.3 is 5.32 Å². The van der Waals surface area contributed by atoms with Crippen LogP contribution in [-0.4, -0.2) is 30.6 Å². The van der Waals surface area contributed by atoms with Crippen LogP contribution in [-0.2, 0) is 0 Å². The number of hydrogen-bond donors (Lipinski definition) is 1. The minimum atomic E-state index is -0.159. The van der Waals surface area contributed by atoms with Crippen molar-refractivity contribution in [2.24, 2.45) is 0 Å². The summed E-state index contributed by atoms with van der Waals surface area (Å²) in [5, 5.41) is 3.31. The monoisotopic (exact) mass is 236 g/mol. The number of benzene rings is 1. The molecule has 1 aliphatic heterocycles. The average molecular weight is 236 g/mol. The Kier molecular flexibility index (Phi) is 4.13. The predicted molar refractivity (Wildman–Crippen MR) is 68.5 cm³/mol. The van der Waals surface area contributed by atoms with Crippen LogP contribution in [0.1, 0.15) is 31.9 Å². The van der Waals surface area contributed by atoms with Crippen molar-refractivity contribution in [1.82, 2.24) is 10.2 Å². The highest BCUT2D eigenvalue weighted by molar-refractivity contribution is 5.20. The molecular weight excluding hydrogens is 215 g/mol. The van der Waals surface area contributed by atoms with Gasteiger partial charge in [-0.1, -0.05) is 19.1 Å². The third-order valence-electron chi connectivity index (χ3n) is 3.56. The lowest BCUT2D eigenvalue weighted by Gasteiger charge is -2.42. The second kappa shape index (κ2) is 5.61. The van der Waals surface area contributed by atoms with Crippen molar-refractivity contribution in [2.75, 3.05) is 19.6 Å². The molecule has 2 nitrogen and oxygen atoms in total. The van der Waals surface area contributed by atoms with Crippen LogP contribution in [0.4, 0.5) is 4.39 Å². The van der Waals surface area contributed by atoms with Crippen molar-refractivity contribution in [3.8, 4) is 0 Å². The molecule has 94 valence electrons. The Balaban J connectivity index is 2.09. The molecule has 0 amide bonds. The van der Waals surface area contributed by atoms with Gasteiger partial charge in [0, 0.05) is 25.2 Å². The fourth-order valence-corrected chi connectivity index (χ4v) is 2.39. The lowest BCUT2D eigenvalue weighted by atomic mass is 10.0. The molecule has 1 N–H and O–H groups in total. The van der Waals surface area contributed by atoms with Crippen LogP contribution in [0.2, 0.25) is 0 Å². The first-order valence-corrected chi connectivity index (χ1v) is 6.44. The SMILES string of the molecule is CCCN(C1CNC1)C(C)c1ccc(F)cc1.